The highest BCUT2D eigenvalue weighted by atomic mass is 32.1. The van der Waals surface area contributed by atoms with E-state index in [4.69, 9.17) is 4.74 Å². The number of carbonyl (C=O) groups is 1. The number of benzene rings is 1. The first-order valence-electron chi connectivity index (χ1n) is 7.31. The van der Waals surface area contributed by atoms with Gasteiger partial charge in [0.15, 0.2) is 0 Å². The van der Waals surface area contributed by atoms with Crippen LogP contribution in [0.4, 0.5) is 4.39 Å². The Morgan fingerprint density at radius 1 is 1.33 bits per heavy atom. The van der Waals surface area contributed by atoms with Crippen molar-refractivity contribution >= 4 is 27.5 Å². The molecule has 0 unspecified atom stereocenters. The van der Waals surface area contributed by atoms with Crippen molar-refractivity contribution in [2.45, 2.75) is 27.0 Å². The fraction of sp³-hybridized carbons (Fsp3) is 0.235. The van der Waals surface area contributed by atoms with Gasteiger partial charge in [0.1, 0.15) is 23.8 Å². The van der Waals surface area contributed by atoms with Crippen molar-refractivity contribution < 1.29 is 13.9 Å². The van der Waals surface area contributed by atoms with E-state index >= 15 is 0 Å². The van der Waals surface area contributed by atoms with Crippen LogP contribution in [-0.2, 0) is 22.7 Å². The van der Waals surface area contributed by atoms with E-state index in [1.165, 1.54) is 28.3 Å². The molecule has 2 aromatic heterocycles. The number of esters is 1. The highest BCUT2D eigenvalue weighted by Gasteiger charge is 2.14. The Morgan fingerprint density at radius 3 is 2.83 bits per heavy atom. The van der Waals surface area contributed by atoms with Gasteiger partial charge in [0.2, 0.25) is 0 Å². The smallest absolute Gasteiger partial charge is 0.326 e. The number of hydrogen-bond donors (Lipinski definition) is 0. The second-order valence-corrected chi connectivity index (χ2v) is 6.60. The Balaban J connectivity index is 1.76. The fourth-order valence-electron chi connectivity index (χ4n) is 2.34. The maximum absolute atomic E-state index is 13.5. The molecule has 0 aliphatic heterocycles. The van der Waals surface area contributed by atoms with Gasteiger partial charge in [-0.05, 0) is 25.5 Å². The molecule has 24 heavy (non-hydrogen) atoms. The number of fused-ring (bicyclic) bond motifs is 1. The molecule has 0 atom stereocenters. The summed E-state index contributed by atoms with van der Waals surface area (Å²) < 4.78 is 19.8. The lowest BCUT2D eigenvalue weighted by Gasteiger charge is -2.07. The van der Waals surface area contributed by atoms with Crippen molar-refractivity contribution in [1.82, 2.24) is 9.55 Å². The van der Waals surface area contributed by atoms with Crippen LogP contribution in [0.25, 0.3) is 10.2 Å². The second-order valence-electron chi connectivity index (χ2n) is 5.39. The molecular formula is C17H15FN2O3S. The van der Waals surface area contributed by atoms with Crippen LogP contribution in [0.5, 0.6) is 0 Å². The maximum Gasteiger partial charge on any atom is 0.326 e. The molecule has 3 rings (SSSR count). The summed E-state index contributed by atoms with van der Waals surface area (Å²) in [7, 11) is 0. The third kappa shape index (κ3) is 3.07. The minimum absolute atomic E-state index is 0.174. The molecule has 0 aliphatic carbocycles. The van der Waals surface area contributed by atoms with Gasteiger partial charge in [-0.1, -0.05) is 18.2 Å². The lowest BCUT2D eigenvalue weighted by Crippen LogP contribution is -2.25. The molecule has 0 N–H and O–H groups in total. The predicted molar refractivity (Wildman–Crippen MR) is 89.6 cm³/mol. The molecule has 0 radical (unpaired) electrons. The number of aromatic nitrogens is 2. The summed E-state index contributed by atoms with van der Waals surface area (Å²) >= 11 is 1.45. The van der Waals surface area contributed by atoms with Crippen LogP contribution in [0.2, 0.25) is 0 Å². The van der Waals surface area contributed by atoms with Gasteiger partial charge in [-0.15, -0.1) is 11.3 Å². The number of nitrogens with zero attached hydrogens (tertiary/aromatic N) is 2. The van der Waals surface area contributed by atoms with E-state index < -0.39 is 11.8 Å². The zero-order chi connectivity index (χ0) is 17.3. The molecule has 1 aromatic carbocycles. The second kappa shape index (κ2) is 6.52. The number of aryl methyl sites for hydroxylation is 2. The van der Waals surface area contributed by atoms with Crippen LogP contribution in [-0.4, -0.2) is 15.5 Å². The summed E-state index contributed by atoms with van der Waals surface area (Å²) in [5, 5.41) is 0.530. The predicted octanol–water partition coefficient (Wildman–Crippen LogP) is 2.96. The van der Waals surface area contributed by atoms with Crippen LogP contribution in [0.3, 0.4) is 0 Å². The number of rotatable bonds is 4. The number of ether oxygens (including phenoxy) is 1. The number of halogens is 1. The third-order valence-electron chi connectivity index (χ3n) is 3.80. The first kappa shape index (κ1) is 16.3. The van der Waals surface area contributed by atoms with Crippen molar-refractivity contribution in [1.29, 1.82) is 0 Å². The van der Waals surface area contributed by atoms with Crippen molar-refractivity contribution in [2.75, 3.05) is 0 Å². The molecule has 3 aromatic rings. The van der Waals surface area contributed by atoms with Gasteiger partial charge in [0, 0.05) is 10.4 Å². The zero-order valence-corrected chi connectivity index (χ0v) is 14.0. The minimum Gasteiger partial charge on any atom is -0.459 e. The van der Waals surface area contributed by atoms with E-state index in [9.17, 15) is 14.0 Å². The van der Waals surface area contributed by atoms with Crippen molar-refractivity contribution in [3.8, 4) is 0 Å². The average Bonchev–Trinajstić information content (AvgIpc) is 2.85. The molecule has 0 aliphatic rings. The van der Waals surface area contributed by atoms with Crippen LogP contribution < -0.4 is 5.56 Å². The van der Waals surface area contributed by atoms with Gasteiger partial charge in [-0.25, -0.2) is 9.37 Å². The van der Waals surface area contributed by atoms with Gasteiger partial charge in [-0.2, -0.15) is 0 Å². The normalized spacial score (nSPS) is 11.0. The van der Waals surface area contributed by atoms with E-state index in [1.54, 1.807) is 18.2 Å². The first-order valence-corrected chi connectivity index (χ1v) is 8.13. The molecule has 2 heterocycles. The van der Waals surface area contributed by atoms with E-state index in [0.29, 0.717) is 10.2 Å². The maximum atomic E-state index is 13.5. The summed E-state index contributed by atoms with van der Waals surface area (Å²) in [6.45, 7) is 3.35. The van der Waals surface area contributed by atoms with E-state index in [1.807, 2.05) is 13.8 Å². The Kier molecular flexibility index (Phi) is 4.44. The topological polar surface area (TPSA) is 61.2 Å². The van der Waals surface area contributed by atoms with Gasteiger partial charge in [-0.3, -0.25) is 14.2 Å². The quantitative estimate of drug-likeness (QED) is 0.682. The van der Waals surface area contributed by atoms with Crippen molar-refractivity contribution in [3.63, 3.8) is 0 Å². The highest BCUT2D eigenvalue weighted by molar-refractivity contribution is 7.18. The fourth-order valence-corrected chi connectivity index (χ4v) is 3.33. The summed E-state index contributed by atoms with van der Waals surface area (Å²) in [6.07, 6.45) is 1.34. The van der Waals surface area contributed by atoms with E-state index in [-0.39, 0.29) is 24.3 Å². The van der Waals surface area contributed by atoms with Crippen molar-refractivity contribution in [2.24, 2.45) is 0 Å². The molecule has 0 spiro atoms. The molecule has 0 saturated heterocycles. The SMILES string of the molecule is Cc1sc2ncn(CC(=O)OCc3ccccc3F)c(=O)c2c1C. The number of thiophene rings is 1. The Labute approximate surface area is 141 Å². The Morgan fingerprint density at radius 2 is 2.08 bits per heavy atom. The summed E-state index contributed by atoms with van der Waals surface area (Å²) in [6, 6.07) is 6.07. The van der Waals surface area contributed by atoms with E-state index in [0.717, 1.165) is 10.4 Å². The summed E-state index contributed by atoms with van der Waals surface area (Å²) in [5.74, 6) is -1.05. The first-order chi connectivity index (χ1) is 11.5. The Hall–Kier alpha value is -2.54. The van der Waals surface area contributed by atoms with E-state index in [2.05, 4.69) is 4.98 Å². The van der Waals surface area contributed by atoms with Crippen LogP contribution in [0.15, 0.2) is 35.4 Å². The molecule has 0 saturated carbocycles. The largest absolute Gasteiger partial charge is 0.459 e. The summed E-state index contributed by atoms with van der Waals surface area (Å²) in [4.78, 5) is 30.3. The van der Waals surface area contributed by atoms with Crippen LogP contribution in [0.1, 0.15) is 16.0 Å². The van der Waals surface area contributed by atoms with Crippen LogP contribution in [0, 0.1) is 19.7 Å². The molecule has 0 bridgehead atoms. The summed E-state index contributed by atoms with van der Waals surface area (Å²) in [5.41, 5.74) is 0.891. The molecule has 0 fully saturated rings. The lowest BCUT2D eigenvalue weighted by atomic mass is 10.2. The third-order valence-corrected chi connectivity index (χ3v) is 4.92. The standard InChI is InChI=1S/C17H15FN2O3S/c1-10-11(2)24-16-15(10)17(22)20(9-19-16)7-14(21)23-8-12-5-3-4-6-13(12)18/h3-6,9H,7-8H2,1-2H3. The Bertz CT molecular complexity index is 978. The zero-order valence-electron chi connectivity index (χ0n) is 13.2. The minimum atomic E-state index is -0.619. The highest BCUT2D eigenvalue weighted by Crippen LogP contribution is 2.25. The van der Waals surface area contributed by atoms with Crippen LogP contribution >= 0.6 is 11.3 Å². The molecule has 5 nitrogen and oxygen atoms in total. The lowest BCUT2D eigenvalue weighted by molar-refractivity contribution is -0.145. The number of hydrogen-bond acceptors (Lipinski definition) is 5. The average molecular weight is 346 g/mol. The van der Waals surface area contributed by atoms with Gasteiger partial charge in [0.25, 0.3) is 5.56 Å². The van der Waals surface area contributed by atoms with Gasteiger partial charge < -0.3 is 4.74 Å². The monoisotopic (exact) mass is 346 g/mol. The molecule has 0 amide bonds. The van der Waals surface area contributed by atoms with Gasteiger partial charge >= 0.3 is 5.97 Å². The molecule has 124 valence electrons. The molecule has 7 heteroatoms. The number of carbonyl (C=O) groups excluding carboxylic acids is 1. The van der Waals surface area contributed by atoms with Crippen molar-refractivity contribution in [3.05, 3.63) is 62.8 Å². The molecular weight excluding hydrogens is 331 g/mol. The van der Waals surface area contributed by atoms with Gasteiger partial charge in [0.05, 0.1) is 11.7 Å².